The van der Waals surface area contributed by atoms with Crippen LogP contribution in [0.3, 0.4) is 0 Å². The van der Waals surface area contributed by atoms with Crippen molar-refractivity contribution in [1.29, 1.82) is 0 Å². The number of aromatic nitrogens is 4. The van der Waals surface area contributed by atoms with Crippen molar-refractivity contribution in [2.75, 3.05) is 5.73 Å². The summed E-state index contributed by atoms with van der Waals surface area (Å²) in [6.07, 6.45) is 2.51. The molecule has 2 aromatic rings. The lowest BCUT2D eigenvalue weighted by Gasteiger charge is -2.15. The highest BCUT2D eigenvalue weighted by atomic mass is 16.5. The highest BCUT2D eigenvalue weighted by Gasteiger charge is 2.35. The minimum Gasteiger partial charge on any atom is -0.411 e. The Hall–Kier alpha value is -2.26. The summed E-state index contributed by atoms with van der Waals surface area (Å²) in [5.41, 5.74) is 6.63. The van der Waals surface area contributed by atoms with Crippen molar-refractivity contribution in [3.63, 3.8) is 0 Å². The molecule has 0 aromatic carbocycles. The zero-order valence-electron chi connectivity index (χ0n) is 9.79. The van der Waals surface area contributed by atoms with Crippen LogP contribution >= 0.6 is 0 Å². The Morgan fingerprint density at radius 2 is 2.32 bits per heavy atom. The maximum absolute atomic E-state index is 9.99. The molecule has 100 valence electrons. The highest BCUT2D eigenvalue weighted by Crippen LogP contribution is 2.30. The zero-order chi connectivity index (χ0) is 13.4. The summed E-state index contributed by atoms with van der Waals surface area (Å²) in [4.78, 5) is 12.0. The lowest BCUT2D eigenvalue weighted by Crippen LogP contribution is -2.19. The van der Waals surface area contributed by atoms with Gasteiger partial charge in [-0.05, 0) is 0 Å². The van der Waals surface area contributed by atoms with Gasteiger partial charge in [0.25, 0.3) is 0 Å². The fraction of sp³-hybridized carbons (Fsp3) is 0.400. The van der Waals surface area contributed by atoms with Crippen molar-refractivity contribution in [2.45, 2.75) is 24.9 Å². The minimum atomic E-state index is -0.753. The predicted octanol–water partition coefficient (Wildman–Crippen LogP) is -0.483. The van der Waals surface area contributed by atoms with Crippen molar-refractivity contribution < 1.29 is 15.1 Å². The molecular weight excluding hydrogens is 252 g/mol. The first kappa shape index (κ1) is 11.8. The number of oxime groups is 1. The number of fused-ring (bicyclic) bond motifs is 1. The molecule has 9 nitrogen and oxygen atoms in total. The van der Waals surface area contributed by atoms with Gasteiger partial charge in [-0.25, -0.2) is 15.0 Å². The second kappa shape index (κ2) is 4.44. The molecule has 1 aliphatic heterocycles. The van der Waals surface area contributed by atoms with E-state index in [1.54, 1.807) is 4.57 Å². The molecule has 3 rings (SSSR count). The van der Waals surface area contributed by atoms with Gasteiger partial charge in [0.2, 0.25) is 0 Å². The molecule has 0 radical (unpaired) electrons. The summed E-state index contributed by atoms with van der Waals surface area (Å²) in [5.74, 6) is 0.268. The molecule has 0 spiro atoms. The van der Waals surface area contributed by atoms with Crippen LogP contribution in [0.1, 0.15) is 12.6 Å². The Labute approximate surface area is 107 Å². The van der Waals surface area contributed by atoms with Crippen LogP contribution in [-0.4, -0.2) is 48.3 Å². The number of aliphatic hydroxyl groups excluding tert-OH is 1. The molecule has 1 fully saturated rings. The van der Waals surface area contributed by atoms with Crippen LogP contribution in [-0.2, 0) is 4.74 Å². The van der Waals surface area contributed by atoms with Crippen molar-refractivity contribution in [3.05, 3.63) is 12.7 Å². The Morgan fingerprint density at radius 3 is 3.11 bits per heavy atom. The van der Waals surface area contributed by atoms with E-state index in [-0.39, 0.29) is 5.82 Å². The largest absolute Gasteiger partial charge is 0.411 e. The summed E-state index contributed by atoms with van der Waals surface area (Å²) in [6.45, 7) is 0. The topological polar surface area (TPSA) is 132 Å². The zero-order valence-corrected chi connectivity index (χ0v) is 9.79. The van der Waals surface area contributed by atoms with E-state index in [2.05, 4.69) is 20.1 Å². The average Bonchev–Trinajstić information content (AvgIpc) is 2.94. The first-order chi connectivity index (χ1) is 9.20. The number of nitrogens with zero attached hydrogens (tertiary/aromatic N) is 5. The number of imidazole rings is 1. The van der Waals surface area contributed by atoms with Crippen LogP contribution in [0.15, 0.2) is 17.8 Å². The van der Waals surface area contributed by atoms with E-state index in [9.17, 15) is 5.11 Å². The van der Waals surface area contributed by atoms with Gasteiger partial charge in [0, 0.05) is 6.42 Å². The molecule has 0 aliphatic carbocycles. The Kier molecular flexibility index (Phi) is 2.76. The summed E-state index contributed by atoms with van der Waals surface area (Å²) in [7, 11) is 0. The van der Waals surface area contributed by atoms with E-state index < -0.39 is 18.4 Å². The van der Waals surface area contributed by atoms with Gasteiger partial charge in [0.05, 0.1) is 12.5 Å². The van der Waals surface area contributed by atoms with Crippen LogP contribution in [0.2, 0.25) is 0 Å². The number of nitrogens with two attached hydrogens (primary N) is 1. The number of ether oxygens (including phenoxy) is 1. The molecule has 3 unspecified atom stereocenters. The lowest BCUT2D eigenvalue weighted by molar-refractivity contribution is -0.0179. The quantitative estimate of drug-likeness (QED) is 0.379. The Balaban J connectivity index is 1.99. The fourth-order valence-corrected chi connectivity index (χ4v) is 2.16. The molecule has 4 N–H and O–H groups in total. The van der Waals surface area contributed by atoms with E-state index in [1.165, 1.54) is 18.9 Å². The third kappa shape index (κ3) is 1.88. The standard InChI is InChI=1S/C10H12N6O3/c11-8-7-9(13-3-12-8)16(4-14-7)10-6(17)1-5(19-10)2-15-18/h2-6,10,17-18H,1H2,(H2,11,12,13)/b15-2+. The van der Waals surface area contributed by atoms with E-state index in [0.29, 0.717) is 17.6 Å². The normalized spacial score (nSPS) is 27.5. The lowest BCUT2D eigenvalue weighted by atomic mass is 10.2. The second-order valence-electron chi connectivity index (χ2n) is 4.22. The first-order valence-electron chi connectivity index (χ1n) is 5.65. The third-order valence-corrected chi connectivity index (χ3v) is 3.01. The Bertz CT molecular complexity index is 627. The van der Waals surface area contributed by atoms with Gasteiger partial charge in [-0.1, -0.05) is 5.16 Å². The molecule has 0 amide bonds. The van der Waals surface area contributed by atoms with E-state index in [0.717, 1.165) is 0 Å². The predicted molar refractivity (Wildman–Crippen MR) is 64.5 cm³/mol. The number of nitrogen functional groups attached to an aromatic ring is 1. The maximum Gasteiger partial charge on any atom is 0.167 e. The third-order valence-electron chi connectivity index (χ3n) is 3.01. The molecule has 19 heavy (non-hydrogen) atoms. The van der Waals surface area contributed by atoms with Crippen LogP contribution < -0.4 is 5.73 Å². The number of aliphatic hydroxyl groups is 1. The number of anilines is 1. The van der Waals surface area contributed by atoms with Gasteiger partial charge in [0.1, 0.15) is 24.1 Å². The van der Waals surface area contributed by atoms with Gasteiger partial charge in [0.15, 0.2) is 17.7 Å². The summed E-state index contributed by atoms with van der Waals surface area (Å²) < 4.78 is 7.16. The van der Waals surface area contributed by atoms with E-state index in [1.807, 2.05) is 0 Å². The molecule has 0 saturated carbocycles. The van der Waals surface area contributed by atoms with Crippen LogP contribution in [0.5, 0.6) is 0 Å². The van der Waals surface area contributed by atoms with Crippen LogP contribution in [0.4, 0.5) is 5.82 Å². The minimum absolute atomic E-state index is 0.268. The fourth-order valence-electron chi connectivity index (χ4n) is 2.16. The van der Waals surface area contributed by atoms with Crippen molar-refractivity contribution in [2.24, 2.45) is 5.16 Å². The van der Waals surface area contributed by atoms with Gasteiger partial charge in [-0.2, -0.15) is 0 Å². The van der Waals surface area contributed by atoms with Gasteiger partial charge in [-0.15, -0.1) is 0 Å². The van der Waals surface area contributed by atoms with Crippen LogP contribution in [0.25, 0.3) is 11.2 Å². The van der Waals surface area contributed by atoms with Gasteiger partial charge >= 0.3 is 0 Å². The first-order valence-corrected chi connectivity index (χ1v) is 5.65. The molecule has 9 heteroatoms. The SMILES string of the molecule is Nc1ncnc2c1ncn2C1OC(/C=N/O)CC1O. The van der Waals surface area contributed by atoms with Crippen LogP contribution in [0, 0.1) is 0 Å². The Morgan fingerprint density at radius 1 is 1.47 bits per heavy atom. The number of hydrogen-bond donors (Lipinski definition) is 3. The molecule has 3 heterocycles. The smallest absolute Gasteiger partial charge is 0.167 e. The molecule has 3 atom stereocenters. The van der Waals surface area contributed by atoms with Gasteiger partial charge < -0.3 is 20.8 Å². The molecule has 0 bridgehead atoms. The van der Waals surface area contributed by atoms with E-state index in [4.69, 9.17) is 15.7 Å². The van der Waals surface area contributed by atoms with E-state index >= 15 is 0 Å². The second-order valence-corrected chi connectivity index (χ2v) is 4.22. The highest BCUT2D eigenvalue weighted by molar-refractivity contribution is 5.81. The number of rotatable bonds is 2. The molecule has 1 aliphatic rings. The molecule has 1 saturated heterocycles. The monoisotopic (exact) mass is 264 g/mol. The van der Waals surface area contributed by atoms with Crippen molar-refractivity contribution in [1.82, 2.24) is 19.5 Å². The maximum atomic E-state index is 9.99. The average molecular weight is 264 g/mol. The summed E-state index contributed by atoms with van der Waals surface area (Å²) in [5, 5.41) is 21.4. The van der Waals surface area contributed by atoms with Crippen molar-refractivity contribution >= 4 is 23.2 Å². The number of hydrogen-bond acceptors (Lipinski definition) is 8. The summed E-state index contributed by atoms with van der Waals surface area (Å²) in [6, 6.07) is 0. The summed E-state index contributed by atoms with van der Waals surface area (Å²) >= 11 is 0. The molecule has 2 aromatic heterocycles. The van der Waals surface area contributed by atoms with Crippen molar-refractivity contribution in [3.8, 4) is 0 Å². The van der Waals surface area contributed by atoms with Gasteiger partial charge in [-0.3, -0.25) is 4.57 Å². The molecular formula is C10H12N6O3.